The largest absolute Gasteiger partial charge is 0.477 e. The molecule has 0 fully saturated rings. The molecule has 0 amide bonds. The van der Waals surface area contributed by atoms with E-state index in [0.29, 0.717) is 11.6 Å². The van der Waals surface area contributed by atoms with Crippen molar-refractivity contribution in [2.24, 2.45) is 0 Å². The summed E-state index contributed by atoms with van der Waals surface area (Å²) in [7, 11) is -4.08. The Hall–Kier alpha value is -2.63. The zero-order chi connectivity index (χ0) is 24.7. The molecule has 35 heavy (non-hydrogen) atoms. The van der Waals surface area contributed by atoms with Crippen LogP contribution in [0.25, 0.3) is 27.1 Å². The number of rotatable bonds is 7. The molecular formula is C24H20ClN2O5S3+. The summed E-state index contributed by atoms with van der Waals surface area (Å²) in [5, 5.41) is 13.8. The quantitative estimate of drug-likeness (QED) is 0.240. The summed E-state index contributed by atoms with van der Waals surface area (Å²) in [5.74, 6) is -1.30. The lowest BCUT2D eigenvalue weighted by molar-refractivity contribution is -0.656. The highest BCUT2D eigenvalue weighted by Crippen LogP contribution is 2.48. The highest BCUT2D eigenvalue weighted by Gasteiger charge is 2.29. The number of halogens is 1. The fourth-order valence-electron chi connectivity index (χ4n) is 4.20. The maximum absolute atomic E-state index is 11.8. The van der Waals surface area contributed by atoms with Crippen molar-refractivity contribution in [1.82, 2.24) is 0 Å². The lowest BCUT2D eigenvalue weighted by atomic mass is 10.1. The monoisotopic (exact) mass is 547 g/mol. The Labute approximate surface area is 215 Å². The molecule has 0 unspecified atom stereocenters. The smallest absolute Gasteiger partial charge is 0.370 e. The molecule has 0 aliphatic carbocycles. The third-order valence-electron chi connectivity index (χ3n) is 5.63. The van der Waals surface area contributed by atoms with Crippen LogP contribution in [-0.4, -0.2) is 36.3 Å². The predicted molar refractivity (Wildman–Crippen MR) is 141 cm³/mol. The Morgan fingerprint density at radius 1 is 1.14 bits per heavy atom. The van der Waals surface area contributed by atoms with Gasteiger partial charge in [0.15, 0.2) is 0 Å². The van der Waals surface area contributed by atoms with Crippen LogP contribution in [0.3, 0.4) is 0 Å². The van der Waals surface area contributed by atoms with Gasteiger partial charge in [-0.15, -0.1) is 0 Å². The number of carboxylic acids is 1. The summed E-state index contributed by atoms with van der Waals surface area (Å²) >= 11 is 9.25. The second-order valence-electron chi connectivity index (χ2n) is 8.04. The number of carbonyl (C=O) groups is 1. The van der Waals surface area contributed by atoms with E-state index in [1.165, 1.54) is 23.1 Å². The van der Waals surface area contributed by atoms with Crippen LogP contribution >= 0.6 is 34.7 Å². The van der Waals surface area contributed by atoms with Gasteiger partial charge in [0.05, 0.1) is 27.9 Å². The van der Waals surface area contributed by atoms with E-state index in [1.54, 1.807) is 6.07 Å². The van der Waals surface area contributed by atoms with Gasteiger partial charge in [0.2, 0.25) is 12.1 Å². The number of nitrogens with zero attached hydrogens (tertiary/aromatic N) is 2. The van der Waals surface area contributed by atoms with Crippen molar-refractivity contribution in [1.29, 1.82) is 0 Å². The fraction of sp³-hybridized carbons (Fsp3) is 0.167. The number of hydrogen-bond acceptors (Lipinski definition) is 6. The molecule has 5 rings (SSSR count). The molecule has 1 aromatic heterocycles. The van der Waals surface area contributed by atoms with Crippen LogP contribution < -0.4 is 9.47 Å². The Morgan fingerprint density at radius 3 is 2.71 bits per heavy atom. The first-order valence-electron chi connectivity index (χ1n) is 10.7. The van der Waals surface area contributed by atoms with E-state index in [2.05, 4.69) is 0 Å². The number of benzene rings is 3. The molecule has 0 bridgehead atoms. The normalized spacial score (nSPS) is 14.8. The molecule has 3 aromatic carbocycles. The van der Waals surface area contributed by atoms with Crippen LogP contribution in [0.2, 0.25) is 5.02 Å². The Bertz CT molecular complexity index is 1610. The number of aromatic nitrogens is 1. The molecule has 0 atom stereocenters. The van der Waals surface area contributed by atoms with Crippen molar-refractivity contribution >= 4 is 83.5 Å². The van der Waals surface area contributed by atoms with Gasteiger partial charge in [0.25, 0.3) is 15.1 Å². The lowest BCUT2D eigenvalue weighted by Gasteiger charge is -2.20. The molecular weight excluding hydrogens is 528 g/mol. The van der Waals surface area contributed by atoms with Crippen molar-refractivity contribution in [2.45, 2.75) is 17.9 Å². The van der Waals surface area contributed by atoms with Gasteiger partial charge in [-0.05, 0) is 42.1 Å². The summed E-state index contributed by atoms with van der Waals surface area (Å²) in [4.78, 5) is 14.7. The van der Waals surface area contributed by atoms with Gasteiger partial charge in [-0.1, -0.05) is 59.0 Å². The van der Waals surface area contributed by atoms with Gasteiger partial charge in [-0.3, -0.25) is 4.55 Å². The maximum Gasteiger partial charge on any atom is 0.370 e. The van der Waals surface area contributed by atoms with E-state index >= 15 is 0 Å². The maximum atomic E-state index is 11.8. The average molecular weight is 548 g/mol. The predicted octanol–water partition coefficient (Wildman–Crippen LogP) is 5.27. The van der Waals surface area contributed by atoms with Gasteiger partial charge in [-0.2, -0.15) is 13.0 Å². The third-order valence-corrected chi connectivity index (χ3v) is 8.88. The first-order chi connectivity index (χ1) is 16.7. The second kappa shape index (κ2) is 9.44. The van der Waals surface area contributed by atoms with Gasteiger partial charge >= 0.3 is 5.97 Å². The molecule has 0 spiro atoms. The summed E-state index contributed by atoms with van der Waals surface area (Å²) in [6.45, 7) is 0.151. The molecule has 0 saturated carbocycles. The number of carboxylic acid groups (broad SMARTS) is 1. The van der Waals surface area contributed by atoms with E-state index in [-0.39, 0.29) is 18.7 Å². The highest BCUT2D eigenvalue weighted by atomic mass is 35.5. The first kappa shape index (κ1) is 24.1. The molecule has 7 nitrogen and oxygen atoms in total. The number of fused-ring (bicyclic) bond motifs is 4. The SMILES string of the molecule is O=C(O)C[n+]1c(/C=C2\Sc3ccc(Cl)cc3N2CCCS(=O)(=O)O)sc2ccc3ccccc3c21. The lowest BCUT2D eigenvalue weighted by Crippen LogP contribution is -2.39. The number of aliphatic carboxylic acids is 1. The van der Waals surface area contributed by atoms with Crippen LogP contribution in [0.1, 0.15) is 11.4 Å². The van der Waals surface area contributed by atoms with E-state index in [4.69, 9.17) is 11.6 Å². The van der Waals surface area contributed by atoms with E-state index in [0.717, 1.165) is 41.6 Å². The van der Waals surface area contributed by atoms with Crippen LogP contribution in [-0.2, 0) is 21.5 Å². The molecule has 0 saturated heterocycles. The molecule has 2 N–H and O–H groups in total. The number of thioether (sulfide) groups is 1. The minimum atomic E-state index is -4.08. The Balaban J connectivity index is 1.63. The van der Waals surface area contributed by atoms with Gasteiger partial charge < -0.3 is 10.0 Å². The third kappa shape index (κ3) is 5.03. The van der Waals surface area contributed by atoms with E-state index < -0.39 is 16.1 Å². The average Bonchev–Trinajstić information content (AvgIpc) is 3.30. The topological polar surface area (TPSA) is 98.8 Å². The second-order valence-corrected chi connectivity index (χ2v) is 12.2. The molecule has 2 heterocycles. The van der Waals surface area contributed by atoms with Crippen molar-refractivity contribution in [3.8, 4) is 0 Å². The summed E-state index contributed by atoms with van der Waals surface area (Å²) in [6, 6.07) is 17.4. The summed E-state index contributed by atoms with van der Waals surface area (Å²) in [5.41, 5.74) is 1.71. The first-order valence-corrected chi connectivity index (χ1v) is 14.3. The van der Waals surface area contributed by atoms with Crippen molar-refractivity contribution < 1.29 is 27.4 Å². The molecule has 4 aromatic rings. The molecule has 1 aliphatic heterocycles. The fourth-order valence-corrected chi connectivity index (χ4v) is 7.15. The Morgan fingerprint density at radius 2 is 1.94 bits per heavy atom. The van der Waals surface area contributed by atoms with E-state index in [9.17, 15) is 22.9 Å². The van der Waals surface area contributed by atoms with Gasteiger partial charge in [0.1, 0.15) is 4.70 Å². The zero-order valence-corrected chi connectivity index (χ0v) is 21.4. The van der Waals surface area contributed by atoms with Crippen molar-refractivity contribution in [3.63, 3.8) is 0 Å². The van der Waals surface area contributed by atoms with Gasteiger partial charge in [0, 0.05) is 16.5 Å². The number of thiazole rings is 1. The van der Waals surface area contributed by atoms with E-state index in [1.807, 2.05) is 64.1 Å². The van der Waals surface area contributed by atoms with Crippen molar-refractivity contribution in [2.75, 3.05) is 17.2 Å². The van der Waals surface area contributed by atoms with Crippen LogP contribution in [0.4, 0.5) is 5.69 Å². The summed E-state index contributed by atoms with van der Waals surface area (Å²) in [6.07, 6.45) is 2.16. The number of anilines is 1. The zero-order valence-electron chi connectivity index (χ0n) is 18.2. The highest BCUT2D eigenvalue weighted by molar-refractivity contribution is 8.03. The minimum Gasteiger partial charge on any atom is -0.477 e. The van der Waals surface area contributed by atoms with Crippen LogP contribution in [0.5, 0.6) is 0 Å². The molecule has 180 valence electrons. The number of hydrogen-bond donors (Lipinski definition) is 2. The summed E-state index contributed by atoms with van der Waals surface area (Å²) < 4.78 is 34.5. The molecule has 11 heteroatoms. The molecule has 1 aliphatic rings. The minimum absolute atomic E-state index is 0.195. The molecule has 0 radical (unpaired) electrons. The van der Waals surface area contributed by atoms with Gasteiger partial charge in [-0.25, -0.2) is 4.79 Å². The Kier molecular flexibility index (Phi) is 6.49. The standard InChI is InChI=1S/C24H19ClN2O5S3/c25-16-7-9-19-18(12-16)26(10-3-11-35(30,31)32)21(33-19)13-22-27(14-23(28)29)24-17-5-2-1-4-15(17)6-8-20(24)34-22/h1-2,4-9,12-13H,3,10-11,14H2,(H-,28,29,30,31,32)/p+1. The van der Waals surface area contributed by atoms with Crippen molar-refractivity contribution in [3.05, 3.63) is 69.7 Å². The van der Waals surface area contributed by atoms with Crippen LogP contribution in [0, 0.1) is 0 Å². The van der Waals surface area contributed by atoms with Crippen LogP contribution in [0.15, 0.2) is 64.5 Å².